The molecule has 0 spiro atoms. The van der Waals surface area contributed by atoms with Gasteiger partial charge in [-0.3, -0.25) is 9.59 Å². The lowest BCUT2D eigenvalue weighted by Crippen LogP contribution is -2.41. The molecular formula is C16H16ClN3O3. The fraction of sp³-hybridized carbons (Fsp3) is 0.250. The van der Waals surface area contributed by atoms with E-state index in [-0.39, 0.29) is 18.4 Å². The summed E-state index contributed by atoms with van der Waals surface area (Å²) in [6.07, 6.45) is 1.86. The monoisotopic (exact) mass is 333 g/mol. The van der Waals surface area contributed by atoms with Gasteiger partial charge in [0.25, 0.3) is 5.91 Å². The minimum atomic E-state index is -0.574. The molecule has 2 aromatic rings. The number of hydrogen-bond donors (Lipinski definition) is 2. The van der Waals surface area contributed by atoms with E-state index < -0.39 is 6.04 Å². The number of nitrogens with one attached hydrogen (secondary N) is 1. The highest BCUT2D eigenvalue weighted by Gasteiger charge is 2.34. The normalized spacial score (nSPS) is 17.6. The maximum atomic E-state index is 12.5. The minimum Gasteiger partial charge on any atom is -0.467 e. The third-order valence-corrected chi connectivity index (χ3v) is 4.09. The quantitative estimate of drug-likeness (QED) is 0.894. The SMILES string of the molecule is NCc1cc(C(=O)NC2CCN(c3ccccc3Cl)C2=O)co1. The predicted octanol–water partition coefficient (Wildman–Crippen LogP) is 1.93. The Morgan fingerprint density at radius 1 is 1.43 bits per heavy atom. The number of anilines is 1. The molecule has 3 rings (SSSR count). The van der Waals surface area contributed by atoms with E-state index in [9.17, 15) is 9.59 Å². The van der Waals surface area contributed by atoms with Crippen LogP contribution in [0.1, 0.15) is 22.5 Å². The maximum Gasteiger partial charge on any atom is 0.255 e. The standard InChI is InChI=1S/C16H16ClN3O3/c17-12-3-1-2-4-14(12)20-6-5-13(16(20)22)19-15(21)10-7-11(8-18)23-9-10/h1-4,7,9,13H,5-6,8,18H2,(H,19,21). The first-order valence-corrected chi connectivity index (χ1v) is 7.62. The van der Waals surface area contributed by atoms with E-state index in [0.29, 0.717) is 35.0 Å². The van der Waals surface area contributed by atoms with Gasteiger partial charge in [-0.2, -0.15) is 0 Å². The predicted molar refractivity (Wildman–Crippen MR) is 86.3 cm³/mol. The van der Waals surface area contributed by atoms with Gasteiger partial charge in [0.15, 0.2) is 0 Å². The summed E-state index contributed by atoms with van der Waals surface area (Å²) in [4.78, 5) is 26.3. The number of rotatable bonds is 4. The molecule has 1 aliphatic rings. The summed E-state index contributed by atoms with van der Waals surface area (Å²) in [7, 11) is 0. The van der Waals surface area contributed by atoms with E-state index in [2.05, 4.69) is 5.32 Å². The summed E-state index contributed by atoms with van der Waals surface area (Å²) >= 11 is 6.13. The largest absolute Gasteiger partial charge is 0.467 e. The lowest BCUT2D eigenvalue weighted by atomic mass is 10.2. The van der Waals surface area contributed by atoms with E-state index in [0.717, 1.165) is 0 Å². The molecule has 0 saturated carbocycles. The van der Waals surface area contributed by atoms with E-state index in [1.54, 1.807) is 29.2 Å². The second-order valence-corrected chi connectivity index (χ2v) is 5.67. The van der Waals surface area contributed by atoms with Crippen molar-refractivity contribution in [3.05, 3.63) is 52.9 Å². The maximum absolute atomic E-state index is 12.5. The molecular weight excluding hydrogens is 318 g/mol. The number of amides is 2. The van der Waals surface area contributed by atoms with Gasteiger partial charge in [-0.1, -0.05) is 23.7 Å². The van der Waals surface area contributed by atoms with Gasteiger partial charge < -0.3 is 20.4 Å². The van der Waals surface area contributed by atoms with Gasteiger partial charge in [0.2, 0.25) is 5.91 Å². The van der Waals surface area contributed by atoms with Crippen molar-refractivity contribution in [1.29, 1.82) is 0 Å². The molecule has 1 aromatic heterocycles. The van der Waals surface area contributed by atoms with Crippen LogP contribution in [0.4, 0.5) is 5.69 Å². The van der Waals surface area contributed by atoms with Gasteiger partial charge in [-0.15, -0.1) is 0 Å². The molecule has 1 fully saturated rings. The Morgan fingerprint density at radius 2 is 2.22 bits per heavy atom. The van der Waals surface area contributed by atoms with Crippen LogP contribution in [0.25, 0.3) is 0 Å². The summed E-state index contributed by atoms with van der Waals surface area (Å²) < 4.78 is 5.13. The van der Waals surface area contributed by atoms with Crippen LogP contribution in [0.3, 0.4) is 0 Å². The molecule has 2 amide bonds. The lowest BCUT2D eigenvalue weighted by Gasteiger charge is -2.18. The first kappa shape index (κ1) is 15.6. The second-order valence-electron chi connectivity index (χ2n) is 5.26. The molecule has 0 aliphatic carbocycles. The van der Waals surface area contributed by atoms with Crippen LogP contribution < -0.4 is 16.0 Å². The van der Waals surface area contributed by atoms with Crippen molar-refractivity contribution in [2.45, 2.75) is 19.0 Å². The zero-order valence-electron chi connectivity index (χ0n) is 12.3. The Bertz CT molecular complexity index is 744. The third kappa shape index (κ3) is 3.09. The molecule has 7 heteroatoms. The Morgan fingerprint density at radius 3 is 2.91 bits per heavy atom. The van der Waals surface area contributed by atoms with Crippen LogP contribution in [-0.2, 0) is 11.3 Å². The Balaban J connectivity index is 1.70. The van der Waals surface area contributed by atoms with Crippen LogP contribution >= 0.6 is 11.6 Å². The van der Waals surface area contributed by atoms with Crippen molar-refractivity contribution in [2.24, 2.45) is 5.73 Å². The van der Waals surface area contributed by atoms with Crippen molar-refractivity contribution >= 4 is 29.1 Å². The van der Waals surface area contributed by atoms with E-state index in [1.807, 2.05) is 6.07 Å². The molecule has 3 N–H and O–H groups in total. The smallest absolute Gasteiger partial charge is 0.255 e. The first-order valence-electron chi connectivity index (χ1n) is 7.24. The molecule has 1 aliphatic heterocycles. The first-order chi connectivity index (χ1) is 11.1. The van der Waals surface area contributed by atoms with Crippen molar-refractivity contribution in [2.75, 3.05) is 11.4 Å². The number of halogens is 1. The summed E-state index contributed by atoms with van der Waals surface area (Å²) in [5, 5.41) is 3.24. The van der Waals surface area contributed by atoms with Crippen molar-refractivity contribution in [1.82, 2.24) is 5.32 Å². The third-order valence-electron chi connectivity index (χ3n) is 3.77. The van der Waals surface area contributed by atoms with E-state index >= 15 is 0 Å². The number of nitrogens with zero attached hydrogens (tertiary/aromatic N) is 1. The van der Waals surface area contributed by atoms with E-state index in [4.69, 9.17) is 21.8 Å². The summed E-state index contributed by atoms with van der Waals surface area (Å²) in [5.41, 5.74) is 6.46. The molecule has 120 valence electrons. The van der Waals surface area contributed by atoms with Crippen molar-refractivity contribution in [3.8, 4) is 0 Å². The molecule has 1 saturated heterocycles. The van der Waals surface area contributed by atoms with Crippen LogP contribution in [0.2, 0.25) is 5.02 Å². The van der Waals surface area contributed by atoms with Gasteiger partial charge >= 0.3 is 0 Å². The van der Waals surface area contributed by atoms with Gasteiger partial charge in [0.1, 0.15) is 18.1 Å². The van der Waals surface area contributed by atoms with Gasteiger partial charge in [0.05, 0.1) is 22.8 Å². The number of hydrogen-bond acceptors (Lipinski definition) is 4. The molecule has 0 bridgehead atoms. The number of benzene rings is 1. The average Bonchev–Trinajstić information content (AvgIpc) is 3.16. The van der Waals surface area contributed by atoms with Crippen molar-refractivity contribution < 1.29 is 14.0 Å². The molecule has 0 radical (unpaired) electrons. The van der Waals surface area contributed by atoms with Crippen LogP contribution in [0.15, 0.2) is 41.0 Å². The van der Waals surface area contributed by atoms with Crippen molar-refractivity contribution in [3.63, 3.8) is 0 Å². The number of para-hydroxylation sites is 1. The summed E-state index contributed by atoms with van der Waals surface area (Å²) in [6.45, 7) is 0.725. The fourth-order valence-electron chi connectivity index (χ4n) is 2.57. The zero-order chi connectivity index (χ0) is 16.4. The van der Waals surface area contributed by atoms with Crippen LogP contribution in [0.5, 0.6) is 0 Å². The summed E-state index contributed by atoms with van der Waals surface area (Å²) in [6, 6.07) is 8.14. The number of furan rings is 1. The lowest BCUT2D eigenvalue weighted by molar-refractivity contribution is -0.118. The molecule has 2 heterocycles. The topological polar surface area (TPSA) is 88.6 Å². The van der Waals surface area contributed by atoms with Crippen LogP contribution in [0, 0.1) is 0 Å². The number of carbonyl (C=O) groups is 2. The highest BCUT2D eigenvalue weighted by atomic mass is 35.5. The average molecular weight is 334 g/mol. The Hall–Kier alpha value is -2.31. The van der Waals surface area contributed by atoms with Gasteiger partial charge in [0, 0.05) is 6.54 Å². The van der Waals surface area contributed by atoms with Gasteiger partial charge in [-0.05, 0) is 24.6 Å². The number of nitrogens with two attached hydrogens (primary N) is 1. The Labute approximate surface area is 138 Å². The fourth-order valence-corrected chi connectivity index (χ4v) is 2.81. The molecule has 1 aromatic carbocycles. The minimum absolute atomic E-state index is 0.172. The molecule has 6 nitrogen and oxygen atoms in total. The molecule has 1 unspecified atom stereocenters. The molecule has 1 atom stereocenters. The van der Waals surface area contributed by atoms with Crippen LogP contribution in [-0.4, -0.2) is 24.4 Å². The number of carbonyl (C=O) groups excluding carboxylic acids is 2. The summed E-state index contributed by atoms with van der Waals surface area (Å²) in [5.74, 6) is -0.00704. The van der Waals surface area contributed by atoms with E-state index in [1.165, 1.54) is 6.26 Å². The second kappa shape index (κ2) is 6.44. The highest BCUT2D eigenvalue weighted by Crippen LogP contribution is 2.29. The molecule has 23 heavy (non-hydrogen) atoms. The highest BCUT2D eigenvalue weighted by molar-refractivity contribution is 6.34. The van der Waals surface area contributed by atoms with Gasteiger partial charge in [-0.25, -0.2) is 0 Å². The Kier molecular flexibility index (Phi) is 4.36. The zero-order valence-corrected chi connectivity index (χ0v) is 13.0.